The minimum atomic E-state index is 0.412. The molecule has 0 saturated carbocycles. The normalized spacial score (nSPS) is 22.1. The van der Waals surface area contributed by atoms with Crippen molar-refractivity contribution in [1.29, 1.82) is 0 Å². The van der Waals surface area contributed by atoms with Gasteiger partial charge in [0.1, 0.15) is 5.82 Å². The van der Waals surface area contributed by atoms with Gasteiger partial charge in [0.25, 0.3) is 0 Å². The van der Waals surface area contributed by atoms with Crippen LogP contribution in [0.3, 0.4) is 0 Å². The molecule has 18 heavy (non-hydrogen) atoms. The molecule has 0 fully saturated rings. The van der Waals surface area contributed by atoms with E-state index in [0.717, 1.165) is 16.6 Å². The first kappa shape index (κ1) is 12.1. The molecule has 1 aromatic heterocycles. The van der Waals surface area contributed by atoms with Gasteiger partial charge < -0.3 is 5.32 Å². The molecule has 94 valence electrons. The molecule has 2 aromatic rings. The Hall–Kier alpha value is -0.910. The molecule has 5 heteroatoms. The molecule has 0 bridgehead atoms. The molecule has 0 aliphatic heterocycles. The van der Waals surface area contributed by atoms with Gasteiger partial charge in [0, 0.05) is 11.3 Å². The van der Waals surface area contributed by atoms with Crippen molar-refractivity contribution in [3.8, 4) is 0 Å². The summed E-state index contributed by atoms with van der Waals surface area (Å²) in [4.78, 5) is 4.45. The Morgan fingerprint density at radius 1 is 1.39 bits per heavy atom. The fourth-order valence-electron chi connectivity index (χ4n) is 2.46. The first-order valence-electron chi connectivity index (χ1n) is 6.00. The number of nitrogens with zero attached hydrogens (tertiary/aromatic N) is 2. The highest BCUT2D eigenvalue weighted by molar-refractivity contribution is 8.01. The number of hydrogen-bond donors (Lipinski definition) is 1. The van der Waals surface area contributed by atoms with Crippen molar-refractivity contribution in [1.82, 2.24) is 14.7 Å². The van der Waals surface area contributed by atoms with Gasteiger partial charge in [-0.25, -0.2) is 4.98 Å². The van der Waals surface area contributed by atoms with Gasteiger partial charge in [-0.05, 0) is 43.1 Å². The summed E-state index contributed by atoms with van der Waals surface area (Å²) in [7, 11) is 2.03. The number of hydrogen-bond acceptors (Lipinski definition) is 5. The van der Waals surface area contributed by atoms with E-state index in [1.165, 1.54) is 22.7 Å². The van der Waals surface area contributed by atoms with Gasteiger partial charge in [-0.2, -0.15) is 4.37 Å². The molecule has 0 saturated heterocycles. The zero-order valence-electron chi connectivity index (χ0n) is 10.4. The first-order chi connectivity index (χ1) is 8.78. The van der Waals surface area contributed by atoms with Crippen LogP contribution in [0.25, 0.3) is 0 Å². The highest BCUT2D eigenvalue weighted by Gasteiger charge is 2.32. The van der Waals surface area contributed by atoms with Crippen LogP contribution in [0.1, 0.15) is 23.0 Å². The average Bonchev–Trinajstić information content (AvgIpc) is 2.92. The molecule has 1 heterocycles. The Bertz CT molecular complexity index is 553. The summed E-state index contributed by atoms with van der Waals surface area (Å²) in [5.41, 5.74) is 2.88. The van der Waals surface area contributed by atoms with E-state index in [1.54, 1.807) is 0 Å². The molecular formula is C13H15N3S2. The van der Waals surface area contributed by atoms with Gasteiger partial charge in [-0.15, -0.1) is 0 Å². The largest absolute Gasteiger partial charge is 0.312 e. The summed E-state index contributed by atoms with van der Waals surface area (Å²) in [6.07, 6.45) is 1.10. The number of benzene rings is 1. The number of nitrogens with one attached hydrogen (secondary N) is 1. The van der Waals surface area contributed by atoms with Crippen molar-refractivity contribution in [2.45, 2.75) is 29.0 Å². The van der Waals surface area contributed by atoms with E-state index in [1.807, 2.05) is 25.7 Å². The summed E-state index contributed by atoms with van der Waals surface area (Å²) in [5.74, 6) is 0.874. The third kappa shape index (κ3) is 2.18. The summed E-state index contributed by atoms with van der Waals surface area (Å²) in [6, 6.07) is 9.10. The molecule has 2 atom stereocenters. The third-order valence-electron chi connectivity index (χ3n) is 3.26. The fraction of sp³-hybridized carbons (Fsp3) is 0.385. The highest BCUT2D eigenvalue weighted by atomic mass is 32.2. The van der Waals surface area contributed by atoms with Crippen molar-refractivity contribution in [3.05, 3.63) is 41.2 Å². The lowest BCUT2D eigenvalue weighted by atomic mass is 10.1. The highest BCUT2D eigenvalue weighted by Crippen LogP contribution is 2.41. The first-order valence-corrected chi connectivity index (χ1v) is 7.65. The van der Waals surface area contributed by atoms with Gasteiger partial charge in [0.15, 0.2) is 4.34 Å². The summed E-state index contributed by atoms with van der Waals surface area (Å²) in [6.45, 7) is 1.94. The third-order valence-corrected chi connectivity index (χ3v) is 5.40. The van der Waals surface area contributed by atoms with Crippen molar-refractivity contribution in [3.63, 3.8) is 0 Å². The van der Waals surface area contributed by atoms with E-state index in [0.29, 0.717) is 11.3 Å². The Kier molecular flexibility index (Phi) is 3.37. The Balaban J connectivity index is 1.83. The van der Waals surface area contributed by atoms with Crippen LogP contribution >= 0.6 is 23.3 Å². The molecule has 3 rings (SSSR count). The van der Waals surface area contributed by atoms with Crippen LogP contribution in [0.15, 0.2) is 28.6 Å². The molecule has 1 aromatic carbocycles. The molecule has 2 unspecified atom stereocenters. The van der Waals surface area contributed by atoms with Gasteiger partial charge in [0.05, 0.1) is 0 Å². The minimum Gasteiger partial charge on any atom is -0.312 e. The SMILES string of the molecule is CNC1c2ccccc2CC1Sc1nc(C)ns1. The van der Waals surface area contributed by atoms with E-state index < -0.39 is 0 Å². The van der Waals surface area contributed by atoms with E-state index in [4.69, 9.17) is 0 Å². The maximum atomic E-state index is 4.45. The van der Waals surface area contributed by atoms with Crippen LogP contribution in [0.2, 0.25) is 0 Å². The molecule has 0 spiro atoms. The number of aromatic nitrogens is 2. The molecule has 0 amide bonds. The number of rotatable bonds is 3. The summed E-state index contributed by atoms with van der Waals surface area (Å²) >= 11 is 3.35. The zero-order valence-corrected chi connectivity index (χ0v) is 12.0. The standard InChI is InChI=1S/C13H15N3S2/c1-8-15-13(18-16-8)17-11-7-9-5-3-4-6-10(9)12(11)14-2/h3-6,11-12,14H,7H2,1-2H3. The number of aryl methyl sites for hydroxylation is 1. The number of fused-ring (bicyclic) bond motifs is 1. The Labute approximate surface area is 115 Å². The Morgan fingerprint density at radius 2 is 2.22 bits per heavy atom. The van der Waals surface area contributed by atoms with Gasteiger partial charge in [-0.1, -0.05) is 36.0 Å². The predicted molar refractivity (Wildman–Crippen MR) is 76.2 cm³/mol. The zero-order chi connectivity index (χ0) is 12.5. The molecule has 1 N–H and O–H groups in total. The molecule has 1 aliphatic rings. The second kappa shape index (κ2) is 4.99. The predicted octanol–water partition coefficient (Wildman–Crippen LogP) is 2.82. The molecule has 0 radical (unpaired) electrons. The summed E-state index contributed by atoms with van der Waals surface area (Å²) < 4.78 is 5.32. The smallest absolute Gasteiger partial charge is 0.170 e. The lowest BCUT2D eigenvalue weighted by Gasteiger charge is -2.17. The van der Waals surface area contributed by atoms with Crippen LogP contribution in [0.4, 0.5) is 0 Å². The van der Waals surface area contributed by atoms with Crippen LogP contribution in [0, 0.1) is 6.92 Å². The molecule has 3 nitrogen and oxygen atoms in total. The quantitative estimate of drug-likeness (QED) is 0.936. The maximum Gasteiger partial charge on any atom is 0.170 e. The monoisotopic (exact) mass is 277 g/mol. The second-order valence-corrected chi connectivity index (χ2v) is 6.67. The van der Waals surface area contributed by atoms with Crippen LogP contribution in [-0.2, 0) is 6.42 Å². The maximum absolute atomic E-state index is 4.45. The lowest BCUT2D eigenvalue weighted by molar-refractivity contribution is 0.603. The van der Waals surface area contributed by atoms with E-state index >= 15 is 0 Å². The average molecular weight is 277 g/mol. The number of thioether (sulfide) groups is 1. The van der Waals surface area contributed by atoms with Crippen molar-refractivity contribution >= 4 is 23.3 Å². The van der Waals surface area contributed by atoms with Crippen LogP contribution < -0.4 is 5.32 Å². The lowest BCUT2D eigenvalue weighted by Crippen LogP contribution is -2.23. The van der Waals surface area contributed by atoms with E-state index in [9.17, 15) is 0 Å². The van der Waals surface area contributed by atoms with Gasteiger partial charge in [-0.3, -0.25) is 0 Å². The topological polar surface area (TPSA) is 37.8 Å². The fourth-order valence-corrected chi connectivity index (χ4v) is 4.67. The molecular weight excluding hydrogens is 262 g/mol. The van der Waals surface area contributed by atoms with Crippen molar-refractivity contribution in [2.24, 2.45) is 0 Å². The second-order valence-electron chi connectivity index (χ2n) is 4.43. The van der Waals surface area contributed by atoms with Gasteiger partial charge in [0.2, 0.25) is 0 Å². The van der Waals surface area contributed by atoms with Crippen molar-refractivity contribution < 1.29 is 0 Å². The van der Waals surface area contributed by atoms with Crippen LogP contribution in [0.5, 0.6) is 0 Å². The van der Waals surface area contributed by atoms with Gasteiger partial charge >= 0.3 is 0 Å². The summed E-state index contributed by atoms with van der Waals surface area (Å²) in [5, 5.41) is 3.95. The molecule has 1 aliphatic carbocycles. The van der Waals surface area contributed by atoms with Crippen LogP contribution in [-0.4, -0.2) is 21.7 Å². The van der Waals surface area contributed by atoms with E-state index in [2.05, 4.69) is 38.9 Å². The minimum absolute atomic E-state index is 0.412. The van der Waals surface area contributed by atoms with Crippen molar-refractivity contribution in [2.75, 3.05) is 7.05 Å². The Morgan fingerprint density at radius 3 is 2.94 bits per heavy atom. The van der Waals surface area contributed by atoms with E-state index in [-0.39, 0.29) is 0 Å².